The lowest BCUT2D eigenvalue weighted by Gasteiger charge is -2.18. The number of nitrogens with zero attached hydrogens (tertiary/aromatic N) is 5. The monoisotopic (exact) mass is 809 g/mol. The first kappa shape index (κ1) is 43.0. The number of benzene rings is 2. The van der Waals surface area contributed by atoms with E-state index in [1.54, 1.807) is 12.1 Å². The molecule has 14 heteroatoms. The molecule has 0 fully saturated rings. The Labute approximate surface area is 330 Å². The van der Waals surface area contributed by atoms with Crippen molar-refractivity contribution in [2.24, 2.45) is 0 Å². The van der Waals surface area contributed by atoms with Crippen LogP contribution in [0.2, 0.25) is 77.1 Å². The molecule has 0 unspecified atom stereocenters. The van der Waals surface area contributed by atoms with Gasteiger partial charge in [-0.05, 0) is 65.5 Å². The first-order chi connectivity index (χ1) is 25.9. The van der Waals surface area contributed by atoms with Crippen molar-refractivity contribution >= 4 is 41.0 Å². The first-order valence-corrected chi connectivity index (χ1v) is 31.1. The van der Waals surface area contributed by atoms with Crippen LogP contribution in [0.3, 0.4) is 0 Å². The molecule has 302 valence electrons. The highest BCUT2D eigenvalue weighted by Crippen LogP contribution is 2.37. The zero-order valence-corrected chi connectivity index (χ0v) is 38.2. The zero-order chi connectivity index (χ0) is 40.1. The van der Waals surface area contributed by atoms with E-state index < -0.39 is 30.0 Å². The summed E-state index contributed by atoms with van der Waals surface area (Å²) in [7, 11) is -3.83. The highest BCUT2D eigenvalue weighted by atomic mass is 28.3. The third kappa shape index (κ3) is 11.5. The summed E-state index contributed by atoms with van der Waals surface area (Å²) in [6, 6.07) is 12.7. The molecule has 3 heterocycles. The standard InChI is InChI=1S/C41H64FN5O5Si3/c1-12-30-23-38(52-29-51-18-21-55(9,10)11)34(42)24-33(30)31-14-15-32-36(22-31)47(28-50-17-20-54(6,7)8)44-40(32)41-43-35-25-45(39(48)13-2)26-37(35)46(41)27-49-16-19-53(3,4)5/h14-15,22-24H,12-13,16-21,25-29H2,1-11H3. The van der Waals surface area contributed by atoms with E-state index in [1.807, 2.05) is 22.6 Å². The molecule has 2 aromatic carbocycles. The molecule has 0 N–H and O–H groups in total. The Hall–Kier alpha value is -3.15. The number of ether oxygens (including phenoxy) is 4. The lowest BCUT2D eigenvalue weighted by atomic mass is 9.96. The van der Waals surface area contributed by atoms with Gasteiger partial charge in [0.15, 0.2) is 24.2 Å². The SMILES string of the molecule is CCC(=O)N1Cc2nc(-c3nn(COCC[Si](C)(C)C)c4cc(-c5cc(F)c(OCOCC[Si](C)(C)C)cc5CC)ccc34)n(COCC[Si](C)(C)C)c2C1. The summed E-state index contributed by atoms with van der Waals surface area (Å²) in [6.45, 7) is 28.4. The van der Waals surface area contributed by atoms with Crippen LogP contribution in [0.4, 0.5) is 4.39 Å². The molecule has 1 amide bonds. The highest BCUT2D eigenvalue weighted by molar-refractivity contribution is 6.76. The van der Waals surface area contributed by atoms with E-state index in [2.05, 4.69) is 82.5 Å². The average molecular weight is 810 g/mol. The van der Waals surface area contributed by atoms with Gasteiger partial charge in [-0.1, -0.05) is 78.8 Å². The number of imidazole rings is 1. The van der Waals surface area contributed by atoms with Crippen LogP contribution in [0, 0.1) is 5.82 Å². The Balaban J connectivity index is 1.51. The van der Waals surface area contributed by atoms with E-state index in [-0.39, 0.29) is 25.2 Å². The fraction of sp³-hybridized carbons (Fsp3) is 0.585. The largest absolute Gasteiger partial charge is 0.464 e. The lowest BCUT2D eigenvalue weighted by Crippen LogP contribution is -2.25. The minimum atomic E-state index is -1.30. The summed E-state index contributed by atoms with van der Waals surface area (Å²) in [5.41, 5.74) is 6.13. The Kier molecular flexibility index (Phi) is 14.0. The van der Waals surface area contributed by atoms with Crippen molar-refractivity contribution in [1.29, 1.82) is 0 Å². The summed E-state index contributed by atoms with van der Waals surface area (Å²) in [6.07, 6.45) is 1.15. The van der Waals surface area contributed by atoms with Crippen LogP contribution in [0.1, 0.15) is 37.2 Å². The summed E-state index contributed by atoms with van der Waals surface area (Å²) >= 11 is 0. The Morgan fingerprint density at radius 3 is 2.07 bits per heavy atom. The minimum Gasteiger partial charge on any atom is -0.464 e. The van der Waals surface area contributed by atoms with Crippen LogP contribution in [0.15, 0.2) is 30.3 Å². The van der Waals surface area contributed by atoms with E-state index in [9.17, 15) is 4.79 Å². The number of carbonyl (C=O) groups is 1. The van der Waals surface area contributed by atoms with Crippen molar-refractivity contribution in [3.8, 4) is 28.4 Å². The Morgan fingerprint density at radius 1 is 0.818 bits per heavy atom. The van der Waals surface area contributed by atoms with Crippen molar-refractivity contribution in [3.63, 3.8) is 0 Å². The molecule has 0 atom stereocenters. The fourth-order valence-corrected chi connectivity index (χ4v) is 8.73. The molecule has 5 rings (SSSR count). The number of aryl methyl sites for hydroxylation is 1. The molecule has 0 saturated heterocycles. The highest BCUT2D eigenvalue weighted by Gasteiger charge is 2.31. The van der Waals surface area contributed by atoms with Crippen molar-refractivity contribution in [2.75, 3.05) is 26.6 Å². The van der Waals surface area contributed by atoms with Crippen LogP contribution in [-0.2, 0) is 52.0 Å². The molecule has 0 aliphatic carbocycles. The second kappa shape index (κ2) is 18.0. The molecule has 0 bridgehead atoms. The van der Waals surface area contributed by atoms with E-state index in [0.717, 1.165) is 62.8 Å². The van der Waals surface area contributed by atoms with Gasteiger partial charge in [-0.15, -0.1) is 0 Å². The maximum absolute atomic E-state index is 15.6. The molecular weight excluding hydrogens is 746 g/mol. The molecule has 0 radical (unpaired) electrons. The van der Waals surface area contributed by atoms with Gasteiger partial charge in [0.05, 0.1) is 30.0 Å². The lowest BCUT2D eigenvalue weighted by molar-refractivity contribution is -0.131. The van der Waals surface area contributed by atoms with Crippen LogP contribution < -0.4 is 4.74 Å². The van der Waals surface area contributed by atoms with Gasteiger partial charge in [0.25, 0.3) is 0 Å². The van der Waals surface area contributed by atoms with E-state index in [4.69, 9.17) is 29.0 Å². The predicted molar refractivity (Wildman–Crippen MR) is 228 cm³/mol. The second-order valence-corrected chi connectivity index (χ2v) is 35.3. The predicted octanol–water partition coefficient (Wildman–Crippen LogP) is 9.84. The number of hydrogen-bond donors (Lipinski definition) is 0. The zero-order valence-electron chi connectivity index (χ0n) is 35.2. The van der Waals surface area contributed by atoms with Gasteiger partial charge < -0.3 is 28.4 Å². The van der Waals surface area contributed by atoms with Gasteiger partial charge in [-0.3, -0.25) is 4.79 Å². The van der Waals surface area contributed by atoms with E-state index >= 15 is 4.39 Å². The Morgan fingerprint density at radius 2 is 1.45 bits per heavy atom. The maximum atomic E-state index is 15.6. The number of fused-ring (bicyclic) bond motifs is 2. The van der Waals surface area contributed by atoms with Crippen molar-refractivity contribution in [3.05, 3.63) is 53.1 Å². The number of carbonyl (C=O) groups excluding carboxylic acids is 1. The van der Waals surface area contributed by atoms with Gasteiger partial charge >= 0.3 is 0 Å². The van der Waals surface area contributed by atoms with E-state index in [0.29, 0.717) is 58.3 Å². The fourth-order valence-electron chi connectivity index (χ4n) is 6.46. The number of amides is 1. The normalized spacial score (nSPS) is 13.6. The molecule has 10 nitrogen and oxygen atoms in total. The number of rotatable bonds is 20. The topological polar surface area (TPSA) is 92.9 Å². The molecule has 0 spiro atoms. The van der Waals surface area contributed by atoms with Crippen LogP contribution >= 0.6 is 0 Å². The number of aromatic nitrogens is 4. The van der Waals surface area contributed by atoms with Crippen LogP contribution in [-0.4, -0.2) is 81.0 Å². The summed E-state index contributed by atoms with van der Waals surface area (Å²) in [5.74, 6) is 0.598. The Bertz CT molecular complexity index is 1940. The number of halogens is 1. The third-order valence-corrected chi connectivity index (χ3v) is 15.1. The van der Waals surface area contributed by atoms with E-state index in [1.165, 1.54) is 0 Å². The second-order valence-electron chi connectivity index (χ2n) is 18.4. The molecule has 4 aromatic rings. The van der Waals surface area contributed by atoms with Crippen molar-refractivity contribution < 1.29 is 28.1 Å². The first-order valence-electron chi connectivity index (χ1n) is 19.9. The van der Waals surface area contributed by atoms with Crippen LogP contribution in [0.5, 0.6) is 5.75 Å². The average Bonchev–Trinajstić information content (AvgIpc) is 3.78. The van der Waals surface area contributed by atoms with Crippen molar-refractivity contribution in [1.82, 2.24) is 24.2 Å². The smallest absolute Gasteiger partial charge is 0.222 e. The number of hydrogen-bond acceptors (Lipinski definition) is 7. The van der Waals surface area contributed by atoms with Gasteiger partial charge in [0, 0.05) is 55.8 Å². The molecule has 0 saturated carbocycles. The summed E-state index contributed by atoms with van der Waals surface area (Å²) in [4.78, 5) is 19.7. The summed E-state index contributed by atoms with van der Waals surface area (Å²) < 4.78 is 43.7. The van der Waals surface area contributed by atoms with Crippen molar-refractivity contribution in [2.45, 2.75) is 130 Å². The third-order valence-electron chi connectivity index (χ3n) is 10.0. The molecule has 1 aliphatic heterocycles. The van der Waals surface area contributed by atoms with Gasteiger partial charge in [-0.25, -0.2) is 14.1 Å². The summed E-state index contributed by atoms with van der Waals surface area (Å²) in [5, 5.41) is 6.08. The molecule has 55 heavy (non-hydrogen) atoms. The minimum absolute atomic E-state index is 0.0189. The molecular formula is C41H64FN5O5Si3. The van der Waals surface area contributed by atoms with Gasteiger partial charge in [0.1, 0.15) is 19.2 Å². The molecule has 2 aromatic heterocycles. The molecule has 1 aliphatic rings. The van der Waals surface area contributed by atoms with Gasteiger partial charge in [-0.2, -0.15) is 5.10 Å². The maximum Gasteiger partial charge on any atom is 0.222 e. The van der Waals surface area contributed by atoms with Crippen LogP contribution in [0.25, 0.3) is 33.5 Å². The van der Waals surface area contributed by atoms with Gasteiger partial charge in [0.2, 0.25) is 5.91 Å². The quantitative estimate of drug-likeness (QED) is 0.0499.